The van der Waals surface area contributed by atoms with E-state index in [2.05, 4.69) is 69.4 Å². The van der Waals surface area contributed by atoms with E-state index in [1.165, 1.54) is 128 Å². The number of rotatable bonds is 34. The molecule has 2 heteroatoms. The van der Waals surface area contributed by atoms with E-state index in [-0.39, 0.29) is 0 Å². The highest BCUT2D eigenvalue weighted by Crippen LogP contribution is 2.25. The van der Waals surface area contributed by atoms with Crippen LogP contribution < -0.4 is 0 Å². The lowest BCUT2D eigenvalue weighted by molar-refractivity contribution is -0.213. The molecule has 0 aromatic rings. The first-order valence-corrected chi connectivity index (χ1v) is 19.1. The Labute approximate surface area is 270 Å². The lowest BCUT2D eigenvalue weighted by Crippen LogP contribution is -2.32. The number of allylic oxidation sites excluding steroid dienone is 8. The summed E-state index contributed by atoms with van der Waals surface area (Å²) >= 11 is 0. The molecule has 0 rings (SSSR count). The van der Waals surface area contributed by atoms with Gasteiger partial charge in [-0.2, -0.15) is 0 Å². The Hall–Kier alpha value is -1.12. The molecule has 0 unspecified atom stereocenters. The summed E-state index contributed by atoms with van der Waals surface area (Å²) in [5, 5.41) is 11.2. The van der Waals surface area contributed by atoms with Crippen molar-refractivity contribution in [3.05, 3.63) is 48.6 Å². The van der Waals surface area contributed by atoms with Gasteiger partial charge in [-0.05, 0) is 83.5 Å². The zero-order valence-corrected chi connectivity index (χ0v) is 29.5. The second-order valence-corrected chi connectivity index (χ2v) is 12.8. The highest BCUT2D eigenvalue weighted by molar-refractivity contribution is 4.93. The van der Waals surface area contributed by atoms with Crippen molar-refractivity contribution in [2.24, 2.45) is 0 Å². The standard InChI is InChI=1S/C41H76O2/c1-4-7-10-12-14-16-18-20-22-24-26-28-30-32-34-36-38-41(42,43-40-9-6-3)39-37-35-33-31-29-27-25-23-21-19-17-15-13-11-8-5-2/h14-17,20-23,42H,4-13,18-19,24-40H2,1-3H3. The van der Waals surface area contributed by atoms with Gasteiger partial charge in [0, 0.05) is 12.8 Å². The van der Waals surface area contributed by atoms with E-state index in [9.17, 15) is 5.11 Å². The van der Waals surface area contributed by atoms with Gasteiger partial charge in [0.1, 0.15) is 0 Å². The molecule has 0 heterocycles. The molecule has 0 aromatic carbocycles. The van der Waals surface area contributed by atoms with Gasteiger partial charge >= 0.3 is 0 Å². The van der Waals surface area contributed by atoms with E-state index in [4.69, 9.17) is 4.74 Å². The monoisotopic (exact) mass is 601 g/mol. The molecule has 0 saturated carbocycles. The van der Waals surface area contributed by atoms with E-state index in [0.717, 1.165) is 51.4 Å². The molecule has 0 aliphatic heterocycles. The summed E-state index contributed by atoms with van der Waals surface area (Å²) in [6.45, 7) is 7.40. The summed E-state index contributed by atoms with van der Waals surface area (Å²) in [5.41, 5.74) is 0. The SMILES string of the molecule is CCCCCC=CCC=CCCCCCCCCC(O)(CCCCCCCCC=CCC=CCCCCC)OCCCC. The van der Waals surface area contributed by atoms with Crippen LogP contribution in [0.3, 0.4) is 0 Å². The molecule has 0 bridgehead atoms. The van der Waals surface area contributed by atoms with Crippen molar-refractivity contribution in [1.82, 2.24) is 0 Å². The van der Waals surface area contributed by atoms with Gasteiger partial charge in [0.2, 0.25) is 0 Å². The van der Waals surface area contributed by atoms with Crippen LogP contribution in [0.1, 0.15) is 201 Å². The van der Waals surface area contributed by atoms with Crippen LogP contribution in [0.2, 0.25) is 0 Å². The van der Waals surface area contributed by atoms with Crippen molar-refractivity contribution in [2.75, 3.05) is 6.61 Å². The van der Waals surface area contributed by atoms with E-state index in [1.54, 1.807) is 0 Å². The fraction of sp³-hybridized carbons (Fsp3) is 0.805. The third kappa shape index (κ3) is 33.6. The fourth-order valence-electron chi connectivity index (χ4n) is 5.45. The number of hydrogen-bond acceptors (Lipinski definition) is 2. The quantitative estimate of drug-likeness (QED) is 0.0452. The summed E-state index contributed by atoms with van der Waals surface area (Å²) in [6.07, 6.45) is 52.5. The molecule has 0 atom stereocenters. The third-order valence-corrected chi connectivity index (χ3v) is 8.40. The highest BCUT2D eigenvalue weighted by Gasteiger charge is 2.26. The maximum atomic E-state index is 11.2. The summed E-state index contributed by atoms with van der Waals surface area (Å²) in [5.74, 6) is -0.903. The first-order chi connectivity index (χ1) is 21.2. The summed E-state index contributed by atoms with van der Waals surface area (Å²) in [6, 6.07) is 0. The predicted molar refractivity (Wildman–Crippen MR) is 194 cm³/mol. The highest BCUT2D eigenvalue weighted by atomic mass is 16.6. The zero-order chi connectivity index (χ0) is 31.4. The Morgan fingerprint density at radius 3 is 1.09 bits per heavy atom. The number of hydrogen-bond donors (Lipinski definition) is 1. The van der Waals surface area contributed by atoms with E-state index in [1.807, 2.05) is 0 Å². The fourth-order valence-corrected chi connectivity index (χ4v) is 5.45. The molecule has 0 spiro atoms. The van der Waals surface area contributed by atoms with Crippen LogP contribution >= 0.6 is 0 Å². The number of ether oxygens (including phenoxy) is 1. The van der Waals surface area contributed by atoms with Crippen molar-refractivity contribution in [3.8, 4) is 0 Å². The Morgan fingerprint density at radius 2 is 0.721 bits per heavy atom. The number of unbranched alkanes of at least 4 members (excludes halogenated alkanes) is 19. The maximum Gasteiger partial charge on any atom is 0.165 e. The van der Waals surface area contributed by atoms with Crippen molar-refractivity contribution in [1.29, 1.82) is 0 Å². The molecule has 43 heavy (non-hydrogen) atoms. The predicted octanol–water partition coefficient (Wildman–Crippen LogP) is 13.9. The average Bonchev–Trinajstić information content (AvgIpc) is 3.01. The first-order valence-electron chi connectivity index (χ1n) is 19.1. The third-order valence-electron chi connectivity index (χ3n) is 8.40. The zero-order valence-electron chi connectivity index (χ0n) is 29.5. The van der Waals surface area contributed by atoms with Gasteiger partial charge in [0.15, 0.2) is 5.79 Å². The molecular formula is C41H76O2. The molecule has 0 aromatic heterocycles. The summed E-state index contributed by atoms with van der Waals surface area (Å²) in [7, 11) is 0. The van der Waals surface area contributed by atoms with E-state index >= 15 is 0 Å². The topological polar surface area (TPSA) is 29.5 Å². The Balaban J connectivity index is 3.83. The molecule has 252 valence electrons. The largest absolute Gasteiger partial charge is 0.365 e. The Kier molecular flexibility index (Phi) is 34.4. The van der Waals surface area contributed by atoms with Gasteiger partial charge in [-0.3, -0.25) is 0 Å². The molecular weight excluding hydrogens is 524 g/mol. The minimum atomic E-state index is -0.903. The second kappa shape index (κ2) is 35.4. The van der Waals surface area contributed by atoms with Crippen LogP contribution in [-0.4, -0.2) is 17.5 Å². The van der Waals surface area contributed by atoms with Crippen molar-refractivity contribution >= 4 is 0 Å². The van der Waals surface area contributed by atoms with Crippen LogP contribution in [-0.2, 0) is 4.74 Å². The van der Waals surface area contributed by atoms with Gasteiger partial charge in [-0.1, -0.05) is 153 Å². The molecule has 2 nitrogen and oxygen atoms in total. The van der Waals surface area contributed by atoms with Crippen LogP contribution in [0.4, 0.5) is 0 Å². The van der Waals surface area contributed by atoms with Gasteiger partial charge in [0.25, 0.3) is 0 Å². The lowest BCUT2D eigenvalue weighted by Gasteiger charge is -2.29. The smallest absolute Gasteiger partial charge is 0.165 e. The molecule has 0 radical (unpaired) electrons. The normalized spacial score (nSPS) is 13.9. The summed E-state index contributed by atoms with van der Waals surface area (Å²) < 4.78 is 6.05. The van der Waals surface area contributed by atoms with Crippen LogP contribution in [0, 0.1) is 0 Å². The van der Waals surface area contributed by atoms with Crippen LogP contribution in [0.25, 0.3) is 0 Å². The molecule has 0 aliphatic carbocycles. The van der Waals surface area contributed by atoms with Gasteiger partial charge in [-0.25, -0.2) is 0 Å². The summed E-state index contributed by atoms with van der Waals surface area (Å²) in [4.78, 5) is 0. The Bertz CT molecular complexity index is 596. The van der Waals surface area contributed by atoms with Crippen molar-refractivity contribution < 1.29 is 9.84 Å². The molecule has 1 N–H and O–H groups in total. The number of aliphatic hydroxyl groups is 1. The molecule has 0 aliphatic rings. The average molecular weight is 601 g/mol. The first kappa shape index (κ1) is 41.9. The van der Waals surface area contributed by atoms with Gasteiger partial charge in [-0.15, -0.1) is 0 Å². The van der Waals surface area contributed by atoms with E-state index in [0.29, 0.717) is 6.61 Å². The Morgan fingerprint density at radius 1 is 0.395 bits per heavy atom. The van der Waals surface area contributed by atoms with Gasteiger partial charge < -0.3 is 9.84 Å². The molecule has 0 fully saturated rings. The van der Waals surface area contributed by atoms with E-state index < -0.39 is 5.79 Å². The van der Waals surface area contributed by atoms with Crippen molar-refractivity contribution in [3.63, 3.8) is 0 Å². The van der Waals surface area contributed by atoms with Crippen LogP contribution in [0.5, 0.6) is 0 Å². The molecule has 0 amide bonds. The molecule has 0 saturated heterocycles. The minimum absolute atomic E-state index is 0.692. The van der Waals surface area contributed by atoms with Crippen molar-refractivity contribution in [2.45, 2.75) is 206 Å². The minimum Gasteiger partial charge on any atom is -0.365 e. The maximum absolute atomic E-state index is 11.2. The second-order valence-electron chi connectivity index (χ2n) is 12.8. The lowest BCUT2D eigenvalue weighted by atomic mass is 9.98. The van der Waals surface area contributed by atoms with Gasteiger partial charge in [0.05, 0.1) is 6.61 Å². The van der Waals surface area contributed by atoms with Crippen LogP contribution in [0.15, 0.2) is 48.6 Å².